The highest BCUT2D eigenvalue weighted by atomic mass is 32.2. The molecule has 2 aromatic heterocycles. The summed E-state index contributed by atoms with van der Waals surface area (Å²) in [4.78, 5) is 61.9. The van der Waals surface area contributed by atoms with Crippen LogP contribution in [0.25, 0.3) is 22.2 Å². The zero-order valence-corrected chi connectivity index (χ0v) is 32.7. The lowest BCUT2D eigenvalue weighted by Gasteiger charge is -2.42. The molecule has 14 nitrogen and oxygen atoms in total. The van der Waals surface area contributed by atoms with Crippen LogP contribution in [-0.2, 0) is 26.3 Å². The van der Waals surface area contributed by atoms with Crippen LogP contribution in [0.1, 0.15) is 64.4 Å². The SMILES string of the molecule is C[C@@H]1CCN(S(=O)(=O)Nc2ccc(F)c(C(=O)c3c[nH]c4ncc(-c5ccc(N6CC[C@H]6COc6ccc7c(c6)CN(C6CCC(=O)NC6=O)C7=O)cc5)cc34)c2F)C1. The number of hydrogen-bond donors (Lipinski definition) is 3. The molecule has 0 spiro atoms. The van der Waals surface area contributed by atoms with Crippen molar-refractivity contribution < 1.29 is 41.1 Å². The van der Waals surface area contributed by atoms with Crippen molar-refractivity contribution in [2.24, 2.45) is 5.92 Å². The van der Waals surface area contributed by atoms with Crippen molar-refractivity contribution in [1.82, 2.24) is 24.5 Å². The number of anilines is 2. The molecule has 3 amide bonds. The maximum Gasteiger partial charge on any atom is 0.301 e. The third-order valence-corrected chi connectivity index (χ3v) is 13.2. The molecule has 3 saturated heterocycles. The van der Waals surface area contributed by atoms with E-state index in [1.807, 2.05) is 37.3 Å². The molecule has 4 aliphatic rings. The molecule has 3 N–H and O–H groups in total. The highest BCUT2D eigenvalue weighted by Crippen LogP contribution is 2.34. The molecule has 3 fully saturated rings. The number of carbonyl (C=O) groups is 4. The summed E-state index contributed by atoms with van der Waals surface area (Å²) in [7, 11) is -4.13. The van der Waals surface area contributed by atoms with Gasteiger partial charge in [0.2, 0.25) is 17.6 Å². The number of H-pyrrole nitrogens is 1. The van der Waals surface area contributed by atoms with E-state index in [0.717, 1.165) is 41.9 Å². The van der Waals surface area contributed by atoms with Crippen LogP contribution in [-0.4, -0.2) is 89.4 Å². The van der Waals surface area contributed by atoms with Crippen LogP contribution in [0.2, 0.25) is 0 Å². The quantitative estimate of drug-likeness (QED) is 0.120. The third kappa shape index (κ3) is 7.07. The number of ketones is 1. The Balaban J connectivity index is 0.866. The summed E-state index contributed by atoms with van der Waals surface area (Å²) in [6.45, 7) is 3.94. The fourth-order valence-corrected chi connectivity index (χ4v) is 9.63. The predicted octanol–water partition coefficient (Wildman–Crippen LogP) is 5.16. The Morgan fingerprint density at radius 2 is 1.78 bits per heavy atom. The van der Waals surface area contributed by atoms with Gasteiger partial charge < -0.3 is 19.5 Å². The Labute approximate surface area is 337 Å². The average Bonchev–Trinajstić information content (AvgIpc) is 3.93. The Morgan fingerprint density at radius 1 is 0.966 bits per heavy atom. The molecule has 9 rings (SSSR count). The van der Waals surface area contributed by atoms with E-state index in [4.69, 9.17) is 4.74 Å². The molecule has 59 heavy (non-hydrogen) atoms. The van der Waals surface area contributed by atoms with Crippen LogP contribution in [0.5, 0.6) is 5.75 Å². The van der Waals surface area contributed by atoms with Gasteiger partial charge in [0, 0.05) is 72.8 Å². The van der Waals surface area contributed by atoms with Gasteiger partial charge in [-0.3, -0.25) is 29.2 Å². The Hall–Kier alpha value is -6.20. The highest BCUT2D eigenvalue weighted by molar-refractivity contribution is 7.90. The van der Waals surface area contributed by atoms with Gasteiger partial charge in [-0.2, -0.15) is 12.7 Å². The van der Waals surface area contributed by atoms with Crippen molar-refractivity contribution in [2.75, 3.05) is 35.9 Å². The third-order valence-electron chi connectivity index (χ3n) is 11.7. The normalized spacial score (nSPS) is 20.8. The molecule has 3 atom stereocenters. The molecule has 6 heterocycles. The number of rotatable bonds is 11. The van der Waals surface area contributed by atoms with Gasteiger partial charge in [-0.1, -0.05) is 19.1 Å². The standard InChI is InChI=1S/C42H39F2N7O7S/c1-23-12-14-49(20-23)59(56,57)48-34-9-8-33(43)37(38(34)44)39(53)32-19-46-40-31(32)17-25(18-45-40)24-2-4-27(5-3-24)50-15-13-28(50)22-58-29-6-7-30-26(16-29)21-51(42(30)55)35-10-11-36(52)47-41(35)54/h2-9,16-19,23,28,35,48H,10-15,20-22H2,1H3,(H,45,46)(H,47,52,54)/t23-,28+,35?/m1/s1. The second-order valence-electron chi connectivity index (χ2n) is 15.5. The van der Waals surface area contributed by atoms with Gasteiger partial charge in [0.25, 0.3) is 5.91 Å². The lowest BCUT2D eigenvalue weighted by molar-refractivity contribution is -0.136. The van der Waals surface area contributed by atoms with Crippen LogP contribution >= 0.6 is 0 Å². The van der Waals surface area contributed by atoms with Crippen LogP contribution < -0.4 is 19.7 Å². The number of nitrogens with one attached hydrogen (secondary N) is 3. The summed E-state index contributed by atoms with van der Waals surface area (Å²) >= 11 is 0. The van der Waals surface area contributed by atoms with Gasteiger partial charge in [0.1, 0.15) is 29.9 Å². The highest BCUT2D eigenvalue weighted by Gasteiger charge is 2.39. The minimum Gasteiger partial charge on any atom is -0.491 e. The Kier molecular flexibility index (Phi) is 9.66. The molecule has 0 saturated carbocycles. The van der Waals surface area contributed by atoms with Gasteiger partial charge in [0.15, 0.2) is 5.82 Å². The number of fused-ring (bicyclic) bond motifs is 2. The van der Waals surface area contributed by atoms with E-state index >= 15 is 8.78 Å². The summed E-state index contributed by atoms with van der Waals surface area (Å²) < 4.78 is 66.4. The summed E-state index contributed by atoms with van der Waals surface area (Å²) in [6, 6.07) is 16.0. The first-order chi connectivity index (χ1) is 28.3. The van der Waals surface area contributed by atoms with E-state index in [0.29, 0.717) is 47.4 Å². The molecule has 304 valence electrons. The summed E-state index contributed by atoms with van der Waals surface area (Å²) in [5.74, 6) is -3.67. The van der Waals surface area contributed by atoms with Crippen LogP contribution in [0.15, 0.2) is 73.1 Å². The maximum atomic E-state index is 15.8. The van der Waals surface area contributed by atoms with Crippen molar-refractivity contribution in [3.63, 3.8) is 0 Å². The molecule has 0 radical (unpaired) electrons. The molecule has 5 aromatic rings. The van der Waals surface area contributed by atoms with E-state index in [1.165, 1.54) is 15.4 Å². The number of nitrogens with zero attached hydrogens (tertiary/aromatic N) is 4. The number of aromatic nitrogens is 2. The largest absolute Gasteiger partial charge is 0.491 e. The fourth-order valence-electron chi connectivity index (χ4n) is 8.27. The number of benzene rings is 3. The topological polar surface area (TPSA) is 174 Å². The first kappa shape index (κ1) is 38.3. The first-order valence-corrected chi connectivity index (χ1v) is 20.8. The second-order valence-corrected chi connectivity index (χ2v) is 17.2. The number of halogens is 2. The number of aromatic amines is 1. The molecule has 0 bridgehead atoms. The number of pyridine rings is 1. The number of ether oxygens (including phenoxy) is 1. The maximum absolute atomic E-state index is 15.8. The zero-order chi connectivity index (χ0) is 41.2. The second kappa shape index (κ2) is 14.9. The molecule has 0 aliphatic carbocycles. The molecular weight excluding hydrogens is 785 g/mol. The lowest BCUT2D eigenvalue weighted by atomic mass is 9.99. The van der Waals surface area contributed by atoms with Gasteiger partial charge in [-0.15, -0.1) is 0 Å². The van der Waals surface area contributed by atoms with Crippen molar-refractivity contribution in [2.45, 2.75) is 51.2 Å². The smallest absolute Gasteiger partial charge is 0.301 e. The van der Waals surface area contributed by atoms with E-state index in [1.54, 1.807) is 24.4 Å². The monoisotopic (exact) mass is 823 g/mol. The minimum absolute atomic E-state index is 0.0258. The van der Waals surface area contributed by atoms with Crippen LogP contribution in [0.3, 0.4) is 0 Å². The average molecular weight is 824 g/mol. The fraction of sp³-hybridized carbons (Fsp3) is 0.310. The first-order valence-electron chi connectivity index (χ1n) is 19.4. The van der Waals surface area contributed by atoms with Crippen LogP contribution in [0, 0.1) is 17.6 Å². The molecule has 4 aliphatic heterocycles. The number of carbonyl (C=O) groups excluding carboxylic acids is 4. The van der Waals surface area contributed by atoms with Crippen molar-refractivity contribution >= 4 is 56.1 Å². The molecule has 1 unspecified atom stereocenters. The van der Waals surface area contributed by atoms with Gasteiger partial charge >= 0.3 is 10.2 Å². The van der Waals surface area contributed by atoms with Gasteiger partial charge in [-0.05, 0) is 84.8 Å². The number of hydrogen-bond acceptors (Lipinski definition) is 9. The molecule has 3 aromatic carbocycles. The lowest BCUT2D eigenvalue weighted by Crippen LogP contribution is -2.52. The molecule has 17 heteroatoms. The number of imide groups is 1. The summed E-state index contributed by atoms with van der Waals surface area (Å²) in [6.07, 6.45) is 5.02. The predicted molar refractivity (Wildman–Crippen MR) is 213 cm³/mol. The van der Waals surface area contributed by atoms with E-state index in [-0.39, 0.29) is 55.4 Å². The van der Waals surface area contributed by atoms with Crippen molar-refractivity contribution in [3.05, 3.63) is 107 Å². The summed E-state index contributed by atoms with van der Waals surface area (Å²) in [5.41, 5.74) is 2.61. The Morgan fingerprint density at radius 3 is 2.51 bits per heavy atom. The van der Waals surface area contributed by atoms with Crippen LogP contribution in [0.4, 0.5) is 20.2 Å². The van der Waals surface area contributed by atoms with Crippen molar-refractivity contribution in [3.8, 4) is 16.9 Å². The summed E-state index contributed by atoms with van der Waals surface area (Å²) in [5, 5.41) is 2.66. The Bertz CT molecular complexity index is 2670. The van der Waals surface area contributed by atoms with Crippen molar-refractivity contribution in [1.29, 1.82) is 0 Å². The minimum atomic E-state index is -4.13. The molecular formula is C42H39F2N7O7S. The van der Waals surface area contributed by atoms with Gasteiger partial charge in [-0.25, -0.2) is 13.8 Å². The van der Waals surface area contributed by atoms with E-state index in [9.17, 15) is 27.6 Å². The van der Waals surface area contributed by atoms with E-state index in [2.05, 4.69) is 24.9 Å². The number of amides is 3. The van der Waals surface area contributed by atoms with Gasteiger partial charge in [0.05, 0.1) is 17.3 Å². The number of piperidine rings is 1. The van der Waals surface area contributed by atoms with E-state index < -0.39 is 50.8 Å². The zero-order valence-electron chi connectivity index (χ0n) is 31.8.